The molecule has 1 aliphatic heterocycles. The van der Waals surface area contributed by atoms with Crippen LogP contribution in [-0.4, -0.2) is 43.9 Å². The Kier molecular flexibility index (Phi) is 2.82. The van der Waals surface area contributed by atoms with Gasteiger partial charge in [-0.15, -0.1) is 0 Å². The summed E-state index contributed by atoms with van der Waals surface area (Å²) in [5, 5.41) is 12.9. The lowest BCUT2D eigenvalue weighted by molar-refractivity contribution is 0.0946. The molecule has 3 rings (SSSR count). The van der Waals surface area contributed by atoms with Crippen molar-refractivity contribution >= 4 is 0 Å². The number of imidazole rings is 1. The molecule has 1 aliphatic rings. The van der Waals surface area contributed by atoms with Gasteiger partial charge in [0, 0.05) is 44.8 Å². The summed E-state index contributed by atoms with van der Waals surface area (Å²) < 4.78 is 3.97. The maximum Gasteiger partial charge on any atom is 0.102 e. The van der Waals surface area contributed by atoms with E-state index in [0.717, 1.165) is 26.2 Å². The molecule has 0 bridgehead atoms. The molecule has 92 valence electrons. The lowest BCUT2D eigenvalue weighted by atomic mass is 10.1. The molecule has 0 unspecified atom stereocenters. The van der Waals surface area contributed by atoms with Crippen molar-refractivity contribution in [2.75, 3.05) is 19.6 Å². The number of hydrogen-bond donors (Lipinski definition) is 0. The van der Waals surface area contributed by atoms with Gasteiger partial charge in [-0.25, -0.2) is 4.98 Å². The van der Waals surface area contributed by atoms with Crippen LogP contribution in [0.2, 0.25) is 0 Å². The molecule has 0 amide bonds. The van der Waals surface area contributed by atoms with E-state index in [4.69, 9.17) is 5.26 Å². The fourth-order valence-corrected chi connectivity index (χ4v) is 2.16. The second kappa shape index (κ2) is 4.63. The summed E-state index contributed by atoms with van der Waals surface area (Å²) in [5.74, 6) is 0. The summed E-state index contributed by atoms with van der Waals surface area (Å²) in [5.41, 5.74) is 0.631. The molecule has 1 fully saturated rings. The summed E-state index contributed by atoms with van der Waals surface area (Å²) >= 11 is 0. The van der Waals surface area contributed by atoms with Crippen LogP contribution < -0.4 is 0 Å². The number of hydrogen-bond acceptors (Lipinski definition) is 4. The van der Waals surface area contributed by atoms with Crippen LogP contribution in [0.15, 0.2) is 31.1 Å². The molecule has 2 aromatic rings. The predicted octanol–water partition coefficient (Wildman–Crippen LogP) is 0.508. The molecule has 18 heavy (non-hydrogen) atoms. The third-order valence-corrected chi connectivity index (χ3v) is 3.28. The predicted molar refractivity (Wildman–Crippen MR) is 64.6 cm³/mol. The first kappa shape index (κ1) is 11.0. The highest BCUT2D eigenvalue weighted by molar-refractivity contribution is 5.22. The van der Waals surface area contributed by atoms with Crippen LogP contribution >= 0.6 is 0 Å². The van der Waals surface area contributed by atoms with Gasteiger partial charge in [-0.1, -0.05) is 0 Å². The van der Waals surface area contributed by atoms with Crippen molar-refractivity contribution in [1.29, 1.82) is 5.26 Å². The van der Waals surface area contributed by atoms with Crippen LogP contribution in [-0.2, 0) is 6.54 Å². The SMILES string of the molecule is N#Cc1cnn(C2CN(CCn3ccnc3)C2)c1. The van der Waals surface area contributed by atoms with E-state index < -0.39 is 0 Å². The van der Waals surface area contributed by atoms with Crippen molar-refractivity contribution in [3.05, 3.63) is 36.7 Å². The van der Waals surface area contributed by atoms with Crippen molar-refractivity contribution in [2.24, 2.45) is 0 Å². The maximum atomic E-state index is 8.74. The van der Waals surface area contributed by atoms with Gasteiger partial charge in [0.1, 0.15) is 6.07 Å². The normalized spacial score (nSPS) is 16.4. The Morgan fingerprint density at radius 2 is 2.28 bits per heavy atom. The zero-order valence-corrected chi connectivity index (χ0v) is 9.98. The highest BCUT2D eigenvalue weighted by atomic mass is 15.4. The maximum absolute atomic E-state index is 8.74. The molecule has 0 radical (unpaired) electrons. The fourth-order valence-electron chi connectivity index (χ4n) is 2.16. The van der Waals surface area contributed by atoms with Gasteiger partial charge in [-0.2, -0.15) is 10.4 Å². The molecular formula is C12H14N6. The molecule has 3 heterocycles. The Morgan fingerprint density at radius 3 is 2.94 bits per heavy atom. The van der Waals surface area contributed by atoms with Gasteiger partial charge in [-0.3, -0.25) is 9.58 Å². The largest absolute Gasteiger partial charge is 0.336 e. The van der Waals surface area contributed by atoms with Crippen molar-refractivity contribution in [1.82, 2.24) is 24.2 Å². The second-order valence-corrected chi connectivity index (χ2v) is 4.53. The molecule has 1 saturated heterocycles. The van der Waals surface area contributed by atoms with Gasteiger partial charge < -0.3 is 4.57 Å². The lowest BCUT2D eigenvalue weighted by Crippen LogP contribution is -2.48. The Balaban J connectivity index is 1.47. The first-order valence-electron chi connectivity index (χ1n) is 5.97. The summed E-state index contributed by atoms with van der Waals surface area (Å²) in [7, 11) is 0. The minimum atomic E-state index is 0.412. The standard InChI is InChI=1S/C12H14N6/c13-5-11-6-15-18(7-11)12-8-17(9-12)4-3-16-2-1-14-10-16/h1-2,6-7,10,12H,3-4,8-9H2. The van der Waals surface area contributed by atoms with Crippen molar-refractivity contribution in [2.45, 2.75) is 12.6 Å². The summed E-state index contributed by atoms with van der Waals surface area (Å²) in [6.45, 7) is 4.00. The van der Waals surface area contributed by atoms with E-state index >= 15 is 0 Å². The molecule has 6 heteroatoms. The molecule has 0 aliphatic carbocycles. The Hall–Kier alpha value is -2.13. The topological polar surface area (TPSA) is 62.7 Å². The van der Waals surface area contributed by atoms with E-state index in [1.807, 2.05) is 23.4 Å². The Bertz CT molecular complexity index is 543. The zero-order valence-electron chi connectivity index (χ0n) is 9.98. The monoisotopic (exact) mass is 242 g/mol. The van der Waals surface area contributed by atoms with Gasteiger partial charge in [0.25, 0.3) is 0 Å². The van der Waals surface area contributed by atoms with Crippen LogP contribution in [0.25, 0.3) is 0 Å². The third-order valence-electron chi connectivity index (χ3n) is 3.28. The van der Waals surface area contributed by atoms with Gasteiger partial charge in [0.15, 0.2) is 0 Å². The lowest BCUT2D eigenvalue weighted by Gasteiger charge is -2.39. The van der Waals surface area contributed by atoms with E-state index in [1.54, 1.807) is 12.4 Å². The Morgan fingerprint density at radius 1 is 1.39 bits per heavy atom. The minimum absolute atomic E-state index is 0.412. The molecule has 0 atom stereocenters. The molecular weight excluding hydrogens is 228 g/mol. The van der Waals surface area contributed by atoms with E-state index in [1.165, 1.54) is 0 Å². The van der Waals surface area contributed by atoms with Crippen molar-refractivity contribution in [3.8, 4) is 6.07 Å². The number of nitriles is 1. The van der Waals surface area contributed by atoms with Crippen LogP contribution in [0.1, 0.15) is 11.6 Å². The number of likely N-dealkylation sites (tertiary alicyclic amines) is 1. The van der Waals surface area contributed by atoms with Gasteiger partial charge in [0.05, 0.1) is 24.1 Å². The second-order valence-electron chi connectivity index (χ2n) is 4.53. The zero-order chi connectivity index (χ0) is 12.4. The number of nitrogens with zero attached hydrogens (tertiary/aromatic N) is 6. The quantitative estimate of drug-likeness (QED) is 0.783. The van der Waals surface area contributed by atoms with Crippen LogP contribution in [0, 0.1) is 11.3 Å². The average molecular weight is 242 g/mol. The number of rotatable bonds is 4. The van der Waals surface area contributed by atoms with Crippen molar-refractivity contribution in [3.63, 3.8) is 0 Å². The van der Waals surface area contributed by atoms with E-state index in [9.17, 15) is 0 Å². The molecule has 0 spiro atoms. The van der Waals surface area contributed by atoms with E-state index in [-0.39, 0.29) is 0 Å². The smallest absolute Gasteiger partial charge is 0.102 e. The third kappa shape index (κ3) is 2.13. The van der Waals surface area contributed by atoms with Gasteiger partial charge in [-0.05, 0) is 0 Å². The molecule has 6 nitrogen and oxygen atoms in total. The number of aromatic nitrogens is 4. The van der Waals surface area contributed by atoms with Crippen LogP contribution in [0.5, 0.6) is 0 Å². The summed E-state index contributed by atoms with van der Waals surface area (Å²) in [6.07, 6.45) is 9.05. The highest BCUT2D eigenvalue weighted by Gasteiger charge is 2.28. The highest BCUT2D eigenvalue weighted by Crippen LogP contribution is 2.20. The van der Waals surface area contributed by atoms with Gasteiger partial charge in [0.2, 0.25) is 0 Å². The summed E-state index contributed by atoms with van der Waals surface area (Å²) in [6, 6.07) is 2.51. The fraction of sp³-hybridized carbons (Fsp3) is 0.417. The van der Waals surface area contributed by atoms with Crippen molar-refractivity contribution < 1.29 is 0 Å². The molecule has 0 N–H and O–H groups in total. The first-order valence-corrected chi connectivity index (χ1v) is 5.97. The van der Waals surface area contributed by atoms with Crippen LogP contribution in [0.3, 0.4) is 0 Å². The summed E-state index contributed by atoms with van der Waals surface area (Å²) in [4.78, 5) is 6.39. The van der Waals surface area contributed by atoms with Crippen LogP contribution in [0.4, 0.5) is 0 Å². The van der Waals surface area contributed by atoms with Gasteiger partial charge >= 0.3 is 0 Å². The first-order chi connectivity index (χ1) is 8.85. The molecule has 0 saturated carbocycles. The molecule has 2 aromatic heterocycles. The average Bonchev–Trinajstić information content (AvgIpc) is 2.97. The minimum Gasteiger partial charge on any atom is -0.336 e. The van der Waals surface area contributed by atoms with E-state index in [2.05, 4.69) is 25.6 Å². The van der Waals surface area contributed by atoms with E-state index in [0.29, 0.717) is 11.6 Å². The Labute approximate surface area is 105 Å². The molecule has 0 aromatic carbocycles.